The largest absolute Gasteiger partial charge is 0.456 e. The Morgan fingerprint density at radius 2 is 1.52 bits per heavy atom. The van der Waals surface area contributed by atoms with Crippen molar-refractivity contribution in [3.05, 3.63) is 46.2 Å². The summed E-state index contributed by atoms with van der Waals surface area (Å²) < 4.78 is 5.43. The second-order valence-corrected chi connectivity index (χ2v) is 14.8. The van der Waals surface area contributed by atoms with E-state index in [4.69, 9.17) is 4.74 Å². The molecule has 160 valence electrons. The first-order valence-corrected chi connectivity index (χ1v) is 14.6. The van der Waals surface area contributed by atoms with Crippen molar-refractivity contribution < 1.29 is 9.53 Å². The number of benzene rings is 1. The summed E-state index contributed by atoms with van der Waals surface area (Å²) in [5.74, 6) is 6.59. The van der Waals surface area contributed by atoms with Gasteiger partial charge in [0.2, 0.25) is 0 Å². The van der Waals surface area contributed by atoms with Gasteiger partial charge in [0.25, 0.3) is 0 Å². The maximum atomic E-state index is 12.2. The van der Waals surface area contributed by atoms with Crippen molar-refractivity contribution in [2.75, 3.05) is 0 Å². The van der Waals surface area contributed by atoms with Crippen LogP contribution in [0.2, 0.25) is 19.6 Å². The highest BCUT2D eigenvalue weighted by atomic mass is 28.3. The van der Waals surface area contributed by atoms with E-state index in [0.717, 1.165) is 12.0 Å². The minimum atomic E-state index is -1.41. The Bertz CT molecular complexity index is 747. The van der Waals surface area contributed by atoms with E-state index < -0.39 is 13.7 Å². The molecule has 1 rings (SSSR count). The van der Waals surface area contributed by atoms with Crippen LogP contribution in [-0.4, -0.2) is 19.6 Å². The fraction of sp³-hybridized carbons (Fsp3) is 0.577. The van der Waals surface area contributed by atoms with Gasteiger partial charge in [-0.15, -0.1) is 0 Å². The predicted molar refractivity (Wildman–Crippen MR) is 128 cm³/mol. The molecule has 0 aliphatic heterocycles. The monoisotopic (exact) mass is 412 g/mol. The Hall–Kier alpha value is -1.79. The molecule has 1 aromatic carbocycles. The molecule has 0 N–H and O–H groups in total. The van der Waals surface area contributed by atoms with E-state index in [1.807, 2.05) is 45.0 Å². The third-order valence-corrected chi connectivity index (χ3v) is 7.07. The molecule has 0 aromatic heterocycles. The molecule has 0 saturated heterocycles. The molecule has 0 radical (unpaired) electrons. The molecule has 0 fully saturated rings. The van der Waals surface area contributed by atoms with Crippen LogP contribution in [-0.2, 0) is 4.74 Å². The lowest BCUT2D eigenvalue weighted by Crippen LogP contribution is -2.25. The number of esters is 1. The summed E-state index contributed by atoms with van der Waals surface area (Å²) >= 11 is 0. The lowest BCUT2D eigenvalue weighted by molar-refractivity contribution is 0.00695. The van der Waals surface area contributed by atoms with Crippen molar-refractivity contribution in [3.63, 3.8) is 0 Å². The van der Waals surface area contributed by atoms with Crippen molar-refractivity contribution >= 4 is 14.0 Å². The highest BCUT2D eigenvalue weighted by Crippen LogP contribution is 2.27. The van der Waals surface area contributed by atoms with Crippen molar-refractivity contribution in [2.24, 2.45) is 0 Å². The molecule has 1 aromatic rings. The van der Waals surface area contributed by atoms with Crippen LogP contribution in [0.15, 0.2) is 35.0 Å². The van der Waals surface area contributed by atoms with Gasteiger partial charge >= 0.3 is 5.97 Å². The number of ether oxygens (including phenoxy) is 1. The van der Waals surface area contributed by atoms with Gasteiger partial charge in [0.1, 0.15) is 5.60 Å². The smallest absolute Gasteiger partial charge is 0.338 e. The molecule has 0 spiro atoms. The number of carbonyl (C=O) groups is 1. The van der Waals surface area contributed by atoms with Crippen LogP contribution in [0.5, 0.6) is 0 Å². The molecule has 0 aliphatic carbocycles. The lowest BCUT2D eigenvalue weighted by atomic mass is 10.1. The highest BCUT2D eigenvalue weighted by molar-refractivity contribution is 6.83. The summed E-state index contributed by atoms with van der Waals surface area (Å²) in [6.45, 7) is 17.4. The number of hydrogen-bond donors (Lipinski definition) is 0. The van der Waals surface area contributed by atoms with Gasteiger partial charge in [-0.25, -0.2) is 4.79 Å². The number of hydrogen-bond acceptors (Lipinski definition) is 2. The molecule has 29 heavy (non-hydrogen) atoms. The molecule has 0 bridgehead atoms. The Morgan fingerprint density at radius 3 is 2.00 bits per heavy atom. The average molecular weight is 413 g/mol. The maximum Gasteiger partial charge on any atom is 0.338 e. The predicted octanol–water partition coefficient (Wildman–Crippen LogP) is 7.55. The quantitative estimate of drug-likeness (QED) is 0.250. The van der Waals surface area contributed by atoms with Crippen molar-refractivity contribution in [3.8, 4) is 11.8 Å². The normalized spacial score (nSPS) is 12.7. The summed E-state index contributed by atoms with van der Waals surface area (Å²) in [6.07, 6.45) is 7.07. The SMILES string of the molecule is CCCC/C(C#Cc1ccc(C(=O)OC(C)(C)C)cc1)=C(/CCCC)[Si](C)(C)C. The van der Waals surface area contributed by atoms with E-state index in [-0.39, 0.29) is 5.97 Å². The topological polar surface area (TPSA) is 26.3 Å². The second kappa shape index (κ2) is 11.4. The maximum absolute atomic E-state index is 12.2. The molecule has 0 unspecified atom stereocenters. The Labute approximate surface area is 180 Å². The van der Waals surface area contributed by atoms with E-state index >= 15 is 0 Å². The second-order valence-electron chi connectivity index (χ2n) is 9.74. The number of allylic oxidation sites excluding steroid dienone is 2. The summed E-state index contributed by atoms with van der Waals surface area (Å²) in [6, 6.07) is 7.46. The number of rotatable bonds is 8. The van der Waals surface area contributed by atoms with E-state index in [9.17, 15) is 4.79 Å². The fourth-order valence-electron chi connectivity index (χ4n) is 3.15. The highest BCUT2D eigenvalue weighted by Gasteiger charge is 2.22. The van der Waals surface area contributed by atoms with Crippen molar-refractivity contribution in [1.82, 2.24) is 0 Å². The Kier molecular flexibility index (Phi) is 9.93. The van der Waals surface area contributed by atoms with E-state index in [0.29, 0.717) is 5.56 Å². The molecule has 0 heterocycles. The molecule has 0 atom stereocenters. The van der Waals surface area contributed by atoms with Gasteiger partial charge in [-0.05, 0) is 69.9 Å². The zero-order chi connectivity index (χ0) is 22.1. The summed E-state index contributed by atoms with van der Waals surface area (Å²) in [5, 5.41) is 1.63. The van der Waals surface area contributed by atoms with Crippen LogP contribution in [0.4, 0.5) is 0 Å². The first-order valence-electron chi connectivity index (χ1n) is 11.1. The van der Waals surface area contributed by atoms with Crippen LogP contribution in [0.25, 0.3) is 0 Å². The molecule has 0 amide bonds. The summed E-state index contributed by atoms with van der Waals surface area (Å²) in [5.41, 5.74) is 2.38. The van der Waals surface area contributed by atoms with Gasteiger partial charge in [-0.1, -0.05) is 69.8 Å². The average Bonchev–Trinajstić information content (AvgIpc) is 2.61. The lowest BCUT2D eigenvalue weighted by Gasteiger charge is -2.24. The first kappa shape index (κ1) is 25.2. The van der Waals surface area contributed by atoms with E-state index in [2.05, 4.69) is 45.3 Å². The minimum absolute atomic E-state index is 0.291. The summed E-state index contributed by atoms with van der Waals surface area (Å²) in [4.78, 5) is 12.2. The van der Waals surface area contributed by atoms with Crippen LogP contribution in [0.1, 0.15) is 89.1 Å². The molecule has 3 heteroatoms. The zero-order valence-electron chi connectivity index (χ0n) is 19.9. The number of unbranched alkanes of at least 4 members (excludes halogenated alkanes) is 2. The van der Waals surface area contributed by atoms with Gasteiger partial charge in [-0.2, -0.15) is 0 Å². The Balaban J connectivity index is 3.15. The standard InChI is InChI=1S/C26H40O2Si/c1-9-11-13-22(24(14-12-10-2)29(6,7)8)18-15-21-16-19-23(20-17-21)25(27)28-26(3,4)5/h16-17,19-20H,9-14H2,1-8H3/b24-22+. The van der Waals surface area contributed by atoms with Gasteiger partial charge in [0.05, 0.1) is 13.6 Å². The van der Waals surface area contributed by atoms with Crippen molar-refractivity contribution in [1.29, 1.82) is 0 Å². The summed E-state index contributed by atoms with van der Waals surface area (Å²) in [7, 11) is -1.41. The Morgan fingerprint density at radius 1 is 0.966 bits per heavy atom. The van der Waals surface area contributed by atoms with Gasteiger partial charge in [-0.3, -0.25) is 0 Å². The third kappa shape index (κ3) is 9.50. The van der Waals surface area contributed by atoms with Gasteiger partial charge in [0, 0.05) is 5.56 Å². The molecular formula is C26H40O2Si. The van der Waals surface area contributed by atoms with Crippen LogP contribution in [0, 0.1) is 11.8 Å². The van der Waals surface area contributed by atoms with Crippen LogP contribution in [0.3, 0.4) is 0 Å². The van der Waals surface area contributed by atoms with Crippen molar-refractivity contribution in [2.45, 2.75) is 98.4 Å². The van der Waals surface area contributed by atoms with Gasteiger partial charge in [0.15, 0.2) is 0 Å². The molecule has 2 nitrogen and oxygen atoms in total. The van der Waals surface area contributed by atoms with Crippen LogP contribution < -0.4 is 0 Å². The first-order chi connectivity index (χ1) is 13.5. The molecule has 0 saturated carbocycles. The minimum Gasteiger partial charge on any atom is -0.456 e. The van der Waals surface area contributed by atoms with E-state index in [1.165, 1.54) is 37.7 Å². The number of carbonyl (C=O) groups excluding carboxylic acids is 1. The molecular weight excluding hydrogens is 372 g/mol. The van der Waals surface area contributed by atoms with Gasteiger partial charge < -0.3 is 4.74 Å². The van der Waals surface area contributed by atoms with E-state index in [1.54, 1.807) is 5.20 Å². The fourth-order valence-corrected chi connectivity index (χ4v) is 5.17. The molecule has 0 aliphatic rings. The zero-order valence-corrected chi connectivity index (χ0v) is 20.9. The van der Waals surface area contributed by atoms with Crippen LogP contribution >= 0.6 is 0 Å². The third-order valence-electron chi connectivity index (χ3n) is 4.71.